The fourth-order valence-electron chi connectivity index (χ4n) is 2.87. The van der Waals surface area contributed by atoms with Crippen LogP contribution in [0.25, 0.3) is 6.08 Å². The summed E-state index contributed by atoms with van der Waals surface area (Å²) in [6, 6.07) is 7.94. The van der Waals surface area contributed by atoms with Gasteiger partial charge in [0.05, 0.1) is 10.7 Å². The summed E-state index contributed by atoms with van der Waals surface area (Å²) in [6.07, 6.45) is 7.16. The molecule has 0 aliphatic carbocycles. The predicted octanol–water partition coefficient (Wildman–Crippen LogP) is 2.33. The molecule has 1 fully saturated rings. The Hall–Kier alpha value is -2.48. The average Bonchev–Trinajstić information content (AvgIpc) is 3.09. The van der Waals surface area contributed by atoms with Crippen molar-refractivity contribution in [3.8, 4) is 0 Å². The summed E-state index contributed by atoms with van der Waals surface area (Å²) in [5, 5.41) is 12.3. The van der Waals surface area contributed by atoms with E-state index in [-0.39, 0.29) is 6.04 Å². The second-order valence-electron chi connectivity index (χ2n) is 6.09. The summed E-state index contributed by atoms with van der Waals surface area (Å²) in [5.74, 6) is 0.0161. The Kier molecular flexibility index (Phi) is 6.17. The summed E-state index contributed by atoms with van der Waals surface area (Å²) in [6.45, 7) is 2.71. The SMILES string of the molecule is O=C(C=Cc1cnc(N[C@@H]2CCN(Cc3ccccn3)C2)c(Cl)c1)NO. The number of anilines is 1. The van der Waals surface area contributed by atoms with Gasteiger partial charge < -0.3 is 5.32 Å². The van der Waals surface area contributed by atoms with Crippen LogP contribution in [0.5, 0.6) is 0 Å². The molecule has 3 N–H and O–H groups in total. The van der Waals surface area contributed by atoms with Gasteiger partial charge in [0.2, 0.25) is 0 Å². The normalized spacial score (nSPS) is 17.5. The predicted molar refractivity (Wildman–Crippen MR) is 99.8 cm³/mol. The van der Waals surface area contributed by atoms with Gasteiger partial charge in [0, 0.05) is 44.1 Å². The number of likely N-dealkylation sites (tertiary alicyclic amines) is 1. The van der Waals surface area contributed by atoms with Gasteiger partial charge in [-0.2, -0.15) is 0 Å². The van der Waals surface area contributed by atoms with Gasteiger partial charge in [0.25, 0.3) is 5.91 Å². The molecule has 1 amide bonds. The Balaban J connectivity index is 1.56. The van der Waals surface area contributed by atoms with Crippen LogP contribution in [0.1, 0.15) is 17.7 Å². The highest BCUT2D eigenvalue weighted by Crippen LogP contribution is 2.24. The van der Waals surface area contributed by atoms with Crippen LogP contribution in [0.3, 0.4) is 0 Å². The van der Waals surface area contributed by atoms with Gasteiger partial charge >= 0.3 is 0 Å². The van der Waals surface area contributed by atoms with Gasteiger partial charge in [0.1, 0.15) is 5.82 Å². The number of hydrogen-bond donors (Lipinski definition) is 3. The summed E-state index contributed by atoms with van der Waals surface area (Å²) >= 11 is 6.29. The highest BCUT2D eigenvalue weighted by Gasteiger charge is 2.23. The Morgan fingerprint density at radius 3 is 3.04 bits per heavy atom. The van der Waals surface area contributed by atoms with Crippen molar-refractivity contribution in [1.29, 1.82) is 0 Å². The molecule has 3 heterocycles. The number of pyridine rings is 2. The van der Waals surface area contributed by atoms with Crippen LogP contribution in [0.2, 0.25) is 5.02 Å². The van der Waals surface area contributed by atoms with E-state index in [0.29, 0.717) is 16.4 Å². The van der Waals surface area contributed by atoms with Gasteiger partial charge in [-0.25, -0.2) is 10.5 Å². The quantitative estimate of drug-likeness (QED) is 0.409. The molecule has 0 unspecified atom stereocenters. The van der Waals surface area contributed by atoms with Crippen molar-refractivity contribution in [2.45, 2.75) is 19.0 Å². The molecule has 0 saturated carbocycles. The van der Waals surface area contributed by atoms with Crippen LogP contribution in [0.15, 0.2) is 42.7 Å². The molecule has 1 aliphatic heterocycles. The second kappa shape index (κ2) is 8.75. The Morgan fingerprint density at radius 2 is 2.31 bits per heavy atom. The van der Waals surface area contributed by atoms with E-state index in [4.69, 9.17) is 16.8 Å². The third kappa shape index (κ3) is 5.01. The van der Waals surface area contributed by atoms with Gasteiger partial charge in [-0.3, -0.25) is 19.9 Å². The van der Waals surface area contributed by atoms with Gasteiger partial charge in [0.15, 0.2) is 0 Å². The largest absolute Gasteiger partial charge is 0.365 e. The average molecular weight is 374 g/mol. The number of aromatic nitrogens is 2. The molecule has 1 atom stereocenters. The van der Waals surface area contributed by atoms with Crippen LogP contribution < -0.4 is 10.8 Å². The monoisotopic (exact) mass is 373 g/mol. The number of carbonyl (C=O) groups excluding carboxylic acids is 1. The molecule has 26 heavy (non-hydrogen) atoms. The fourth-order valence-corrected chi connectivity index (χ4v) is 3.10. The zero-order valence-electron chi connectivity index (χ0n) is 14.1. The molecule has 3 rings (SSSR count). The molecule has 0 radical (unpaired) electrons. The van der Waals surface area contributed by atoms with E-state index >= 15 is 0 Å². The first kappa shape index (κ1) is 18.3. The maximum atomic E-state index is 11.0. The molecular formula is C18H20ClN5O2. The van der Waals surface area contributed by atoms with Gasteiger partial charge in [-0.1, -0.05) is 17.7 Å². The number of halogens is 1. The Labute approximate surface area is 156 Å². The molecule has 0 spiro atoms. The second-order valence-corrected chi connectivity index (χ2v) is 6.50. The van der Waals surface area contributed by atoms with Crippen molar-refractivity contribution in [1.82, 2.24) is 20.3 Å². The lowest BCUT2D eigenvalue weighted by Gasteiger charge is -2.17. The van der Waals surface area contributed by atoms with Crippen molar-refractivity contribution in [3.63, 3.8) is 0 Å². The molecule has 7 nitrogen and oxygen atoms in total. The minimum absolute atomic E-state index is 0.269. The Bertz CT molecular complexity index is 784. The van der Waals surface area contributed by atoms with Crippen molar-refractivity contribution >= 4 is 29.4 Å². The molecule has 136 valence electrons. The standard InChI is InChI=1S/C18H20ClN5O2/c19-16-9-13(4-5-17(25)23-26)10-21-18(16)22-15-6-8-24(12-15)11-14-3-1-2-7-20-14/h1-5,7,9-10,15,26H,6,8,11-12H2,(H,21,22)(H,23,25)/t15-/m1/s1. The van der Waals surface area contributed by atoms with Gasteiger partial charge in [-0.15, -0.1) is 0 Å². The van der Waals surface area contributed by atoms with Crippen LogP contribution in [-0.2, 0) is 11.3 Å². The van der Waals surface area contributed by atoms with Crippen LogP contribution in [-0.4, -0.2) is 45.1 Å². The van der Waals surface area contributed by atoms with E-state index in [1.807, 2.05) is 24.4 Å². The van der Waals surface area contributed by atoms with Crippen molar-refractivity contribution < 1.29 is 10.0 Å². The zero-order chi connectivity index (χ0) is 18.4. The van der Waals surface area contributed by atoms with E-state index in [1.165, 1.54) is 17.6 Å². The van der Waals surface area contributed by atoms with Gasteiger partial charge in [-0.05, 0) is 36.3 Å². The fraction of sp³-hybridized carbons (Fsp3) is 0.278. The molecule has 2 aromatic rings. The molecule has 0 aromatic carbocycles. The molecule has 1 saturated heterocycles. The molecule has 8 heteroatoms. The lowest BCUT2D eigenvalue weighted by molar-refractivity contribution is -0.124. The first-order valence-corrected chi connectivity index (χ1v) is 8.68. The maximum Gasteiger partial charge on any atom is 0.267 e. The summed E-state index contributed by atoms with van der Waals surface area (Å²) < 4.78 is 0. The van der Waals surface area contributed by atoms with E-state index < -0.39 is 5.91 Å². The molecule has 1 aliphatic rings. The van der Waals surface area contributed by atoms with E-state index in [9.17, 15) is 4.79 Å². The zero-order valence-corrected chi connectivity index (χ0v) is 14.9. The molecular weight excluding hydrogens is 354 g/mol. The first-order valence-electron chi connectivity index (χ1n) is 8.30. The van der Waals surface area contributed by atoms with Crippen LogP contribution in [0, 0.1) is 0 Å². The summed E-state index contributed by atoms with van der Waals surface area (Å²) in [4.78, 5) is 22.1. The number of amides is 1. The number of nitrogens with one attached hydrogen (secondary N) is 2. The minimum Gasteiger partial charge on any atom is -0.365 e. The van der Waals surface area contributed by atoms with Crippen molar-refractivity contribution in [2.24, 2.45) is 0 Å². The smallest absolute Gasteiger partial charge is 0.267 e. The number of hydrogen-bond acceptors (Lipinski definition) is 6. The first-order chi connectivity index (χ1) is 12.6. The van der Waals surface area contributed by atoms with Crippen molar-refractivity contribution in [3.05, 3.63) is 59.0 Å². The van der Waals surface area contributed by atoms with Crippen LogP contribution in [0.4, 0.5) is 5.82 Å². The maximum absolute atomic E-state index is 11.0. The topological polar surface area (TPSA) is 90.4 Å². The third-order valence-corrected chi connectivity index (χ3v) is 4.41. The summed E-state index contributed by atoms with van der Waals surface area (Å²) in [7, 11) is 0. The van der Waals surface area contributed by atoms with Crippen molar-refractivity contribution in [2.75, 3.05) is 18.4 Å². The van der Waals surface area contributed by atoms with E-state index in [0.717, 1.165) is 31.7 Å². The number of nitrogens with zero attached hydrogens (tertiary/aromatic N) is 3. The minimum atomic E-state index is -0.609. The Morgan fingerprint density at radius 1 is 1.42 bits per heavy atom. The number of carbonyl (C=O) groups is 1. The highest BCUT2D eigenvalue weighted by molar-refractivity contribution is 6.33. The van der Waals surface area contributed by atoms with E-state index in [1.54, 1.807) is 12.3 Å². The number of rotatable bonds is 6. The third-order valence-electron chi connectivity index (χ3n) is 4.12. The lowest BCUT2D eigenvalue weighted by atomic mass is 10.2. The van der Waals surface area contributed by atoms with E-state index in [2.05, 4.69) is 20.2 Å². The lowest BCUT2D eigenvalue weighted by Crippen LogP contribution is -2.26. The van der Waals surface area contributed by atoms with Crippen LogP contribution >= 0.6 is 11.6 Å². The molecule has 2 aromatic heterocycles. The number of hydroxylamine groups is 1. The molecule has 0 bridgehead atoms. The summed E-state index contributed by atoms with van der Waals surface area (Å²) in [5.41, 5.74) is 3.27. The highest BCUT2D eigenvalue weighted by atomic mass is 35.5.